The molecule has 0 radical (unpaired) electrons. The topological polar surface area (TPSA) is 119 Å². The van der Waals surface area contributed by atoms with Gasteiger partial charge in [0.1, 0.15) is 12.4 Å². The first-order chi connectivity index (χ1) is 11.0. The highest BCUT2D eigenvalue weighted by atomic mass is 32.2. The van der Waals surface area contributed by atoms with E-state index in [2.05, 4.69) is 25.6 Å². The molecule has 0 fully saturated rings. The fourth-order valence-corrected chi connectivity index (χ4v) is 2.56. The summed E-state index contributed by atoms with van der Waals surface area (Å²) < 4.78 is 26.3. The van der Waals surface area contributed by atoms with Crippen molar-refractivity contribution in [1.29, 1.82) is 0 Å². The van der Waals surface area contributed by atoms with Crippen LogP contribution in [0.1, 0.15) is 11.6 Å². The Morgan fingerprint density at radius 3 is 2.65 bits per heavy atom. The maximum atomic E-state index is 12.4. The summed E-state index contributed by atoms with van der Waals surface area (Å²) in [6, 6.07) is 8.79. The number of amides is 1. The van der Waals surface area contributed by atoms with Gasteiger partial charge in [-0.15, -0.1) is 5.10 Å². The van der Waals surface area contributed by atoms with Gasteiger partial charge in [-0.25, -0.2) is 17.8 Å². The van der Waals surface area contributed by atoms with E-state index in [-0.39, 0.29) is 18.2 Å². The zero-order chi connectivity index (χ0) is 16.7. The maximum absolute atomic E-state index is 12.4. The molecule has 1 aromatic heterocycles. The van der Waals surface area contributed by atoms with Crippen molar-refractivity contribution in [2.24, 2.45) is 0 Å². The molecular formula is C13H18N6O3S. The normalized spacial score (nSPS) is 12.7. The first-order valence-electron chi connectivity index (χ1n) is 6.97. The van der Waals surface area contributed by atoms with Crippen LogP contribution in [0.15, 0.2) is 36.7 Å². The Bertz CT molecular complexity index is 717. The van der Waals surface area contributed by atoms with Crippen LogP contribution in [0.5, 0.6) is 0 Å². The van der Waals surface area contributed by atoms with Crippen LogP contribution in [0.3, 0.4) is 0 Å². The summed E-state index contributed by atoms with van der Waals surface area (Å²) in [5, 5.41) is 13.5. The Labute approximate surface area is 134 Å². The Kier molecular flexibility index (Phi) is 5.77. The monoisotopic (exact) mass is 338 g/mol. The number of tetrazole rings is 1. The summed E-state index contributed by atoms with van der Waals surface area (Å²) in [5.74, 6) is -0.532. The van der Waals surface area contributed by atoms with Crippen LogP contribution in [0.25, 0.3) is 0 Å². The SMILES string of the molecule is CNS(=O)(=O)CCNC(=O)[C@@H](Cc1ccccc1)n1cnnn1. The van der Waals surface area contributed by atoms with Crippen LogP contribution in [-0.4, -0.2) is 53.9 Å². The lowest BCUT2D eigenvalue weighted by atomic mass is 10.1. The fourth-order valence-electron chi connectivity index (χ4n) is 1.98. The molecule has 0 aliphatic carbocycles. The lowest BCUT2D eigenvalue weighted by Crippen LogP contribution is -2.38. The molecule has 1 amide bonds. The molecule has 1 aromatic carbocycles. The summed E-state index contributed by atoms with van der Waals surface area (Å²) in [6.07, 6.45) is 1.76. The van der Waals surface area contributed by atoms with Gasteiger partial charge in [0.2, 0.25) is 15.9 Å². The van der Waals surface area contributed by atoms with E-state index in [1.807, 2.05) is 30.3 Å². The molecule has 0 aliphatic heterocycles. The summed E-state index contributed by atoms with van der Waals surface area (Å²) in [5.41, 5.74) is 0.950. The Morgan fingerprint density at radius 1 is 1.30 bits per heavy atom. The van der Waals surface area contributed by atoms with Gasteiger partial charge in [-0.1, -0.05) is 30.3 Å². The summed E-state index contributed by atoms with van der Waals surface area (Å²) in [7, 11) is -2.04. The minimum atomic E-state index is -3.37. The molecule has 0 aliphatic rings. The van der Waals surface area contributed by atoms with Crippen molar-refractivity contribution in [3.05, 3.63) is 42.2 Å². The average molecular weight is 338 g/mol. The molecule has 0 spiro atoms. The second-order valence-corrected chi connectivity index (χ2v) is 6.86. The molecule has 1 atom stereocenters. The fraction of sp³-hybridized carbons (Fsp3) is 0.385. The summed E-state index contributed by atoms with van der Waals surface area (Å²) >= 11 is 0. The number of hydrogen-bond acceptors (Lipinski definition) is 6. The van der Waals surface area contributed by atoms with Crippen LogP contribution >= 0.6 is 0 Å². The molecule has 124 valence electrons. The van der Waals surface area contributed by atoms with Crippen molar-refractivity contribution in [1.82, 2.24) is 30.2 Å². The molecule has 0 saturated heterocycles. The molecule has 2 N–H and O–H groups in total. The number of hydrogen-bond donors (Lipinski definition) is 2. The molecule has 2 aromatic rings. The summed E-state index contributed by atoms with van der Waals surface area (Å²) in [6.45, 7) is 0.00935. The number of aromatic nitrogens is 4. The van der Waals surface area contributed by atoms with Crippen LogP contribution in [-0.2, 0) is 21.2 Å². The smallest absolute Gasteiger partial charge is 0.245 e. The van der Waals surface area contributed by atoms with Crippen LogP contribution in [0.4, 0.5) is 0 Å². The van der Waals surface area contributed by atoms with E-state index in [9.17, 15) is 13.2 Å². The lowest BCUT2D eigenvalue weighted by Gasteiger charge is -2.16. The van der Waals surface area contributed by atoms with E-state index in [0.29, 0.717) is 6.42 Å². The van der Waals surface area contributed by atoms with Gasteiger partial charge in [-0.3, -0.25) is 4.79 Å². The number of carbonyl (C=O) groups excluding carboxylic acids is 1. The van der Waals surface area contributed by atoms with E-state index in [1.165, 1.54) is 18.1 Å². The van der Waals surface area contributed by atoms with Crippen molar-refractivity contribution in [2.75, 3.05) is 19.3 Å². The minimum absolute atomic E-state index is 0.00935. The van der Waals surface area contributed by atoms with Gasteiger partial charge in [-0.2, -0.15) is 0 Å². The first-order valence-corrected chi connectivity index (χ1v) is 8.62. The van der Waals surface area contributed by atoms with Crippen molar-refractivity contribution in [3.63, 3.8) is 0 Å². The second-order valence-electron chi connectivity index (χ2n) is 4.81. The largest absolute Gasteiger partial charge is 0.353 e. The third-order valence-electron chi connectivity index (χ3n) is 3.24. The average Bonchev–Trinajstić information content (AvgIpc) is 3.07. The standard InChI is InChI=1S/C13H18N6O3S/c1-14-23(21,22)8-7-15-13(20)12(19-10-16-17-18-19)9-11-5-3-2-4-6-11/h2-6,10,12,14H,7-9H2,1H3,(H,15,20)/t12-/m1/s1. The van der Waals surface area contributed by atoms with Gasteiger partial charge in [0.15, 0.2) is 0 Å². The summed E-state index contributed by atoms with van der Waals surface area (Å²) in [4.78, 5) is 12.4. The van der Waals surface area contributed by atoms with Crippen LogP contribution < -0.4 is 10.0 Å². The number of nitrogens with zero attached hydrogens (tertiary/aromatic N) is 4. The lowest BCUT2D eigenvalue weighted by molar-refractivity contribution is -0.124. The Balaban J connectivity index is 2.04. The van der Waals surface area contributed by atoms with Crippen molar-refractivity contribution < 1.29 is 13.2 Å². The third kappa shape index (κ3) is 5.11. The number of rotatable bonds is 8. The molecule has 0 unspecified atom stereocenters. The van der Waals surface area contributed by atoms with E-state index in [1.54, 1.807) is 0 Å². The molecule has 0 saturated carbocycles. The maximum Gasteiger partial charge on any atom is 0.245 e. The second kappa shape index (κ2) is 7.79. The predicted molar refractivity (Wildman–Crippen MR) is 82.9 cm³/mol. The minimum Gasteiger partial charge on any atom is -0.353 e. The third-order valence-corrected chi connectivity index (χ3v) is 4.60. The number of benzene rings is 1. The number of sulfonamides is 1. The van der Waals surface area contributed by atoms with E-state index < -0.39 is 16.1 Å². The van der Waals surface area contributed by atoms with Crippen LogP contribution in [0.2, 0.25) is 0 Å². The highest BCUT2D eigenvalue weighted by molar-refractivity contribution is 7.89. The number of nitrogens with one attached hydrogen (secondary N) is 2. The molecule has 1 heterocycles. The van der Waals surface area contributed by atoms with Gasteiger partial charge >= 0.3 is 0 Å². The Morgan fingerprint density at radius 2 is 2.04 bits per heavy atom. The molecular weight excluding hydrogens is 320 g/mol. The van der Waals surface area contributed by atoms with E-state index >= 15 is 0 Å². The van der Waals surface area contributed by atoms with Gasteiger partial charge in [0.05, 0.1) is 5.75 Å². The van der Waals surface area contributed by atoms with Crippen molar-refractivity contribution in [3.8, 4) is 0 Å². The molecule has 23 heavy (non-hydrogen) atoms. The zero-order valence-corrected chi connectivity index (χ0v) is 13.4. The molecule has 9 nitrogen and oxygen atoms in total. The molecule has 10 heteroatoms. The highest BCUT2D eigenvalue weighted by Crippen LogP contribution is 2.13. The van der Waals surface area contributed by atoms with E-state index in [0.717, 1.165) is 5.56 Å². The van der Waals surface area contributed by atoms with Crippen molar-refractivity contribution >= 4 is 15.9 Å². The number of carbonyl (C=O) groups is 1. The molecule has 0 bridgehead atoms. The van der Waals surface area contributed by atoms with Gasteiger partial charge in [0.25, 0.3) is 0 Å². The van der Waals surface area contributed by atoms with Gasteiger partial charge < -0.3 is 5.32 Å². The van der Waals surface area contributed by atoms with Gasteiger partial charge in [0, 0.05) is 13.0 Å². The molecule has 2 rings (SSSR count). The quantitative estimate of drug-likeness (QED) is 0.645. The van der Waals surface area contributed by atoms with E-state index in [4.69, 9.17) is 0 Å². The van der Waals surface area contributed by atoms with Crippen molar-refractivity contribution in [2.45, 2.75) is 12.5 Å². The Hall–Kier alpha value is -2.33. The predicted octanol–water partition coefficient (Wildman–Crippen LogP) is -0.878. The highest BCUT2D eigenvalue weighted by Gasteiger charge is 2.22. The first kappa shape index (κ1) is 17.0. The van der Waals surface area contributed by atoms with Crippen LogP contribution in [0, 0.1) is 0 Å². The zero-order valence-electron chi connectivity index (χ0n) is 12.6. The van der Waals surface area contributed by atoms with Gasteiger partial charge in [-0.05, 0) is 23.0 Å².